The molecule has 2 nitrogen and oxygen atoms in total. The highest BCUT2D eigenvalue weighted by Crippen LogP contribution is 2.25. The molecule has 1 aliphatic rings. The van der Waals surface area contributed by atoms with Gasteiger partial charge in [0, 0.05) is 19.6 Å². The first-order chi connectivity index (χ1) is 8.07. The lowest BCUT2D eigenvalue weighted by Crippen LogP contribution is -2.34. The fraction of sp³-hybridized carbons (Fsp3) is 0.600. The van der Waals surface area contributed by atoms with Crippen LogP contribution in [0.2, 0.25) is 0 Å². The molecule has 1 fully saturated rings. The van der Waals surface area contributed by atoms with Crippen LogP contribution in [0, 0.1) is 12.3 Å². The molecule has 0 spiro atoms. The molecule has 2 rings (SSSR count). The predicted octanol–water partition coefficient (Wildman–Crippen LogP) is 2.43. The van der Waals surface area contributed by atoms with Gasteiger partial charge in [0.25, 0.3) is 0 Å². The molecule has 17 heavy (non-hydrogen) atoms. The SMILES string of the molecule is Cc1cccc(CN(C)CC2(C)CCNC2)c1. The van der Waals surface area contributed by atoms with Crippen LogP contribution in [0.3, 0.4) is 0 Å². The average molecular weight is 232 g/mol. The highest BCUT2D eigenvalue weighted by molar-refractivity contribution is 5.22. The maximum atomic E-state index is 3.46. The molecule has 1 aromatic carbocycles. The Hall–Kier alpha value is -0.860. The molecule has 1 aliphatic heterocycles. The Labute approximate surface area is 105 Å². The molecule has 1 aromatic rings. The van der Waals surface area contributed by atoms with Gasteiger partial charge < -0.3 is 10.2 Å². The number of nitrogens with zero attached hydrogens (tertiary/aromatic N) is 1. The van der Waals surface area contributed by atoms with Gasteiger partial charge in [-0.3, -0.25) is 0 Å². The summed E-state index contributed by atoms with van der Waals surface area (Å²) in [4.78, 5) is 2.45. The fourth-order valence-electron chi connectivity index (χ4n) is 2.83. The van der Waals surface area contributed by atoms with Crippen LogP contribution in [0.5, 0.6) is 0 Å². The van der Waals surface area contributed by atoms with Gasteiger partial charge in [0.2, 0.25) is 0 Å². The number of hydrogen-bond donors (Lipinski definition) is 1. The maximum absolute atomic E-state index is 3.46. The fourth-order valence-corrected chi connectivity index (χ4v) is 2.83. The van der Waals surface area contributed by atoms with Gasteiger partial charge in [0.05, 0.1) is 0 Å². The zero-order valence-corrected chi connectivity index (χ0v) is 11.3. The smallest absolute Gasteiger partial charge is 0.0231 e. The zero-order chi connectivity index (χ0) is 12.3. The molecule has 1 heterocycles. The molecule has 0 saturated carbocycles. The van der Waals surface area contributed by atoms with Gasteiger partial charge in [0.1, 0.15) is 0 Å². The van der Waals surface area contributed by atoms with Crippen LogP contribution in [0.1, 0.15) is 24.5 Å². The van der Waals surface area contributed by atoms with E-state index in [1.807, 2.05) is 0 Å². The van der Waals surface area contributed by atoms with E-state index >= 15 is 0 Å². The lowest BCUT2D eigenvalue weighted by molar-refractivity contribution is 0.203. The molecule has 1 atom stereocenters. The molecule has 0 radical (unpaired) electrons. The molecular formula is C15H24N2. The first-order valence-electron chi connectivity index (χ1n) is 6.52. The molecule has 1 unspecified atom stereocenters. The third kappa shape index (κ3) is 3.55. The second kappa shape index (κ2) is 5.19. The predicted molar refractivity (Wildman–Crippen MR) is 73.1 cm³/mol. The Bertz CT molecular complexity index is 367. The number of nitrogens with one attached hydrogen (secondary N) is 1. The van der Waals surface area contributed by atoms with E-state index in [9.17, 15) is 0 Å². The van der Waals surface area contributed by atoms with Crippen molar-refractivity contribution in [2.24, 2.45) is 5.41 Å². The van der Waals surface area contributed by atoms with Crippen molar-refractivity contribution in [1.29, 1.82) is 0 Å². The van der Waals surface area contributed by atoms with Gasteiger partial charge in [-0.1, -0.05) is 36.8 Å². The summed E-state index contributed by atoms with van der Waals surface area (Å²) in [7, 11) is 2.23. The van der Waals surface area contributed by atoms with E-state index in [-0.39, 0.29) is 0 Å². The molecule has 0 aliphatic carbocycles. The van der Waals surface area contributed by atoms with E-state index in [1.54, 1.807) is 0 Å². The number of aryl methyl sites for hydroxylation is 1. The summed E-state index contributed by atoms with van der Waals surface area (Å²) in [5.74, 6) is 0. The maximum Gasteiger partial charge on any atom is 0.0231 e. The van der Waals surface area contributed by atoms with Crippen LogP contribution in [-0.4, -0.2) is 31.6 Å². The number of rotatable bonds is 4. The van der Waals surface area contributed by atoms with Crippen molar-refractivity contribution in [1.82, 2.24) is 10.2 Å². The van der Waals surface area contributed by atoms with Crippen LogP contribution in [0.25, 0.3) is 0 Å². The Morgan fingerprint density at radius 1 is 1.41 bits per heavy atom. The largest absolute Gasteiger partial charge is 0.316 e. The first-order valence-corrected chi connectivity index (χ1v) is 6.52. The standard InChI is InChI=1S/C15H24N2/c1-13-5-4-6-14(9-13)10-17(3)12-15(2)7-8-16-11-15/h4-6,9,16H,7-8,10-12H2,1-3H3. The Morgan fingerprint density at radius 2 is 2.24 bits per heavy atom. The number of hydrogen-bond acceptors (Lipinski definition) is 2. The van der Waals surface area contributed by atoms with E-state index in [4.69, 9.17) is 0 Å². The molecule has 1 saturated heterocycles. The second-order valence-electron chi connectivity index (χ2n) is 5.90. The number of benzene rings is 1. The van der Waals surface area contributed by atoms with Gasteiger partial charge in [-0.25, -0.2) is 0 Å². The summed E-state index contributed by atoms with van der Waals surface area (Å²) < 4.78 is 0. The quantitative estimate of drug-likeness (QED) is 0.857. The molecule has 1 N–H and O–H groups in total. The van der Waals surface area contributed by atoms with E-state index in [2.05, 4.69) is 55.4 Å². The summed E-state index contributed by atoms with van der Waals surface area (Å²) in [6.45, 7) is 9.11. The van der Waals surface area contributed by atoms with Crippen molar-refractivity contribution >= 4 is 0 Å². The van der Waals surface area contributed by atoms with Crippen LogP contribution in [0.4, 0.5) is 0 Å². The minimum Gasteiger partial charge on any atom is -0.316 e. The lowest BCUT2D eigenvalue weighted by Gasteiger charge is -2.29. The summed E-state index contributed by atoms with van der Waals surface area (Å²) in [6.07, 6.45) is 1.30. The zero-order valence-electron chi connectivity index (χ0n) is 11.3. The van der Waals surface area contributed by atoms with Crippen LogP contribution in [0.15, 0.2) is 24.3 Å². The third-order valence-corrected chi connectivity index (χ3v) is 3.64. The highest BCUT2D eigenvalue weighted by Gasteiger charge is 2.29. The minimum atomic E-state index is 0.457. The topological polar surface area (TPSA) is 15.3 Å². The molecule has 2 heteroatoms. The van der Waals surface area contributed by atoms with Crippen LogP contribution >= 0.6 is 0 Å². The van der Waals surface area contributed by atoms with Crippen molar-refractivity contribution in [2.75, 3.05) is 26.7 Å². The van der Waals surface area contributed by atoms with Crippen molar-refractivity contribution in [2.45, 2.75) is 26.8 Å². The lowest BCUT2D eigenvalue weighted by atomic mass is 9.89. The Kier molecular flexibility index (Phi) is 3.85. The highest BCUT2D eigenvalue weighted by atomic mass is 15.1. The molecule has 0 amide bonds. The van der Waals surface area contributed by atoms with Crippen molar-refractivity contribution in [3.05, 3.63) is 35.4 Å². The van der Waals surface area contributed by atoms with Gasteiger partial charge in [-0.2, -0.15) is 0 Å². The monoisotopic (exact) mass is 232 g/mol. The molecule has 0 bridgehead atoms. The van der Waals surface area contributed by atoms with E-state index < -0.39 is 0 Å². The minimum absolute atomic E-state index is 0.457. The van der Waals surface area contributed by atoms with Crippen LogP contribution < -0.4 is 5.32 Å². The van der Waals surface area contributed by atoms with Gasteiger partial charge in [-0.05, 0) is 37.9 Å². The summed E-state index contributed by atoms with van der Waals surface area (Å²) >= 11 is 0. The van der Waals surface area contributed by atoms with E-state index in [0.29, 0.717) is 5.41 Å². The van der Waals surface area contributed by atoms with Crippen molar-refractivity contribution in [3.8, 4) is 0 Å². The Balaban J connectivity index is 1.90. The van der Waals surface area contributed by atoms with E-state index in [0.717, 1.165) is 13.1 Å². The second-order valence-corrected chi connectivity index (χ2v) is 5.90. The van der Waals surface area contributed by atoms with E-state index in [1.165, 1.54) is 30.6 Å². The summed E-state index contributed by atoms with van der Waals surface area (Å²) in [6, 6.07) is 8.81. The first kappa shape index (κ1) is 12.6. The average Bonchev–Trinajstić information content (AvgIpc) is 2.64. The summed E-state index contributed by atoms with van der Waals surface area (Å²) in [5.41, 5.74) is 3.23. The van der Waals surface area contributed by atoms with Crippen molar-refractivity contribution in [3.63, 3.8) is 0 Å². The van der Waals surface area contributed by atoms with Gasteiger partial charge in [0.15, 0.2) is 0 Å². The van der Waals surface area contributed by atoms with Crippen LogP contribution in [-0.2, 0) is 6.54 Å². The van der Waals surface area contributed by atoms with Gasteiger partial charge in [-0.15, -0.1) is 0 Å². The normalized spacial score (nSPS) is 24.5. The molecular weight excluding hydrogens is 208 g/mol. The third-order valence-electron chi connectivity index (χ3n) is 3.64. The van der Waals surface area contributed by atoms with Gasteiger partial charge >= 0.3 is 0 Å². The molecule has 94 valence electrons. The molecule has 0 aromatic heterocycles. The van der Waals surface area contributed by atoms with Crippen molar-refractivity contribution < 1.29 is 0 Å². The summed E-state index contributed by atoms with van der Waals surface area (Å²) in [5, 5.41) is 3.46. The Morgan fingerprint density at radius 3 is 2.88 bits per heavy atom.